The van der Waals surface area contributed by atoms with E-state index in [1.165, 1.54) is 16.7 Å². The van der Waals surface area contributed by atoms with Crippen molar-refractivity contribution in [1.82, 2.24) is 20.0 Å². The predicted molar refractivity (Wildman–Crippen MR) is 181 cm³/mol. The van der Waals surface area contributed by atoms with Gasteiger partial charge in [0.05, 0.1) is 26.2 Å². The molecule has 3 N–H and O–H groups in total. The summed E-state index contributed by atoms with van der Waals surface area (Å²) in [6.07, 6.45) is 7.60. The first-order chi connectivity index (χ1) is 22.1. The third-order valence-corrected chi connectivity index (χ3v) is 7.91. The van der Waals surface area contributed by atoms with Gasteiger partial charge in [-0.25, -0.2) is 0 Å². The van der Waals surface area contributed by atoms with Crippen LogP contribution < -0.4 is 5.32 Å². The van der Waals surface area contributed by atoms with Crippen LogP contribution in [0.25, 0.3) is 17.2 Å². The fourth-order valence-electron chi connectivity index (χ4n) is 5.28. The number of rotatable bonds is 16. The number of carboxylic acid groups (broad SMARTS) is 2. The largest absolute Gasteiger partial charge is 0.494 e. The maximum absolute atomic E-state index is 12.7. The van der Waals surface area contributed by atoms with Crippen molar-refractivity contribution in [1.29, 1.82) is 0 Å². The molecule has 1 heterocycles. The lowest BCUT2D eigenvalue weighted by Gasteiger charge is -2.24. The molecule has 1 aliphatic heterocycles. The minimum absolute atomic E-state index is 0.125. The van der Waals surface area contributed by atoms with Crippen LogP contribution in [-0.2, 0) is 19.1 Å². The SMILES string of the molecule is C=C(/C=C(/C=C/c1cccc(-c2ccccc2)c1C)CC)OCCCNC(=O)CN1CCN(CC(=O)O)CCN(CC(=O)O)CC1. The lowest BCUT2D eigenvalue weighted by Crippen LogP contribution is -2.43. The molecule has 1 aliphatic rings. The molecule has 248 valence electrons. The van der Waals surface area contributed by atoms with E-state index in [0.29, 0.717) is 64.6 Å². The van der Waals surface area contributed by atoms with Crippen LogP contribution in [0, 0.1) is 6.92 Å². The topological polar surface area (TPSA) is 123 Å². The molecular formula is C36H48N4O6. The van der Waals surface area contributed by atoms with Gasteiger partial charge in [0, 0.05) is 45.8 Å². The third kappa shape index (κ3) is 13.0. The molecule has 10 nitrogen and oxygen atoms in total. The molecule has 1 saturated heterocycles. The molecule has 0 bridgehead atoms. The molecule has 46 heavy (non-hydrogen) atoms. The minimum atomic E-state index is -0.934. The van der Waals surface area contributed by atoms with Gasteiger partial charge in [0.1, 0.15) is 5.76 Å². The van der Waals surface area contributed by atoms with Gasteiger partial charge < -0.3 is 20.3 Å². The average Bonchev–Trinajstić information content (AvgIpc) is 3.10. The first kappa shape index (κ1) is 36.2. The van der Waals surface area contributed by atoms with Gasteiger partial charge in [-0.2, -0.15) is 0 Å². The maximum Gasteiger partial charge on any atom is 0.317 e. The van der Waals surface area contributed by atoms with Crippen molar-refractivity contribution >= 4 is 23.9 Å². The highest BCUT2D eigenvalue weighted by Gasteiger charge is 2.20. The second-order valence-corrected chi connectivity index (χ2v) is 11.4. The Morgan fingerprint density at radius 2 is 1.46 bits per heavy atom. The van der Waals surface area contributed by atoms with Gasteiger partial charge in [-0.05, 0) is 53.7 Å². The molecule has 0 aliphatic carbocycles. The summed E-state index contributed by atoms with van der Waals surface area (Å²) in [7, 11) is 0. The van der Waals surface area contributed by atoms with Gasteiger partial charge in [0.15, 0.2) is 0 Å². The van der Waals surface area contributed by atoms with E-state index in [-0.39, 0.29) is 25.5 Å². The second-order valence-electron chi connectivity index (χ2n) is 11.4. The van der Waals surface area contributed by atoms with E-state index in [0.717, 1.165) is 17.6 Å². The summed E-state index contributed by atoms with van der Waals surface area (Å²) >= 11 is 0. The Kier molecular flexibility index (Phi) is 15.2. The van der Waals surface area contributed by atoms with Crippen molar-refractivity contribution in [2.24, 2.45) is 0 Å². The number of benzene rings is 2. The van der Waals surface area contributed by atoms with Crippen LogP contribution in [-0.4, -0.2) is 115 Å². The number of aliphatic carboxylic acids is 2. The van der Waals surface area contributed by atoms with Crippen molar-refractivity contribution in [3.8, 4) is 11.1 Å². The summed E-state index contributed by atoms with van der Waals surface area (Å²) in [5, 5.41) is 21.4. The van der Waals surface area contributed by atoms with Crippen LogP contribution in [0.3, 0.4) is 0 Å². The van der Waals surface area contributed by atoms with Crippen LogP contribution in [0.1, 0.15) is 30.9 Å². The zero-order valence-electron chi connectivity index (χ0n) is 27.1. The van der Waals surface area contributed by atoms with Gasteiger partial charge in [0.2, 0.25) is 5.91 Å². The van der Waals surface area contributed by atoms with E-state index in [4.69, 9.17) is 4.74 Å². The normalized spacial score (nSPS) is 15.6. The highest BCUT2D eigenvalue weighted by atomic mass is 16.5. The molecule has 1 amide bonds. The van der Waals surface area contributed by atoms with E-state index >= 15 is 0 Å². The Morgan fingerprint density at radius 3 is 2.02 bits per heavy atom. The van der Waals surface area contributed by atoms with Crippen molar-refractivity contribution in [2.45, 2.75) is 26.7 Å². The first-order valence-electron chi connectivity index (χ1n) is 15.9. The number of hydrogen-bond acceptors (Lipinski definition) is 7. The number of carbonyl (C=O) groups excluding carboxylic acids is 1. The molecule has 0 aromatic heterocycles. The summed E-state index contributed by atoms with van der Waals surface area (Å²) < 4.78 is 5.82. The molecular weight excluding hydrogens is 584 g/mol. The Morgan fingerprint density at radius 1 is 0.870 bits per heavy atom. The van der Waals surface area contributed by atoms with Crippen LogP contribution >= 0.6 is 0 Å². The summed E-state index contributed by atoms with van der Waals surface area (Å²) in [6.45, 7) is 11.9. The molecule has 3 rings (SSSR count). The van der Waals surface area contributed by atoms with Crippen molar-refractivity contribution < 1.29 is 29.3 Å². The number of amides is 1. The van der Waals surface area contributed by atoms with Gasteiger partial charge in [-0.15, -0.1) is 0 Å². The predicted octanol–water partition coefficient (Wildman–Crippen LogP) is 4.14. The quantitative estimate of drug-likeness (QED) is 0.142. The van der Waals surface area contributed by atoms with E-state index in [9.17, 15) is 24.6 Å². The Labute approximate surface area is 272 Å². The average molecular weight is 633 g/mol. The van der Waals surface area contributed by atoms with Crippen LogP contribution in [0.15, 0.2) is 78.6 Å². The van der Waals surface area contributed by atoms with Crippen LogP contribution in [0.2, 0.25) is 0 Å². The number of carbonyl (C=O) groups is 3. The Balaban J connectivity index is 1.43. The zero-order chi connectivity index (χ0) is 33.3. The first-order valence-corrected chi connectivity index (χ1v) is 15.9. The smallest absolute Gasteiger partial charge is 0.317 e. The molecule has 0 saturated carbocycles. The Hall–Kier alpha value is -4.25. The van der Waals surface area contributed by atoms with Crippen molar-refractivity contribution in [3.63, 3.8) is 0 Å². The number of hydrogen-bond donors (Lipinski definition) is 3. The Bertz CT molecular complexity index is 1350. The minimum Gasteiger partial charge on any atom is -0.494 e. The monoisotopic (exact) mass is 632 g/mol. The highest BCUT2D eigenvalue weighted by Crippen LogP contribution is 2.26. The van der Waals surface area contributed by atoms with E-state index in [2.05, 4.69) is 68.2 Å². The van der Waals surface area contributed by atoms with Crippen LogP contribution in [0.5, 0.6) is 0 Å². The lowest BCUT2D eigenvalue weighted by atomic mass is 9.96. The number of allylic oxidation sites excluding steroid dienone is 3. The van der Waals surface area contributed by atoms with Crippen molar-refractivity contribution in [3.05, 3.63) is 89.7 Å². The summed E-state index contributed by atoms with van der Waals surface area (Å²) in [5.41, 5.74) is 5.88. The fraction of sp³-hybridized carbons (Fsp3) is 0.417. The standard InChI is InChI=1S/C36H48N4O6/c1-4-30(14-15-31-12-8-13-33(29(31)3)32-10-6-5-7-11-32)24-28(2)46-23-9-16-37-34(41)25-38-17-19-39(26-35(42)43)21-22-40(20-18-38)27-36(44)45/h5-8,10-15,24H,2,4,9,16-23,25-27H2,1,3H3,(H,37,41)(H,42,43)(H,44,45)/b15-14+,30-24+. The molecule has 0 unspecified atom stereocenters. The van der Waals surface area contributed by atoms with E-state index < -0.39 is 11.9 Å². The molecule has 1 fully saturated rings. The van der Waals surface area contributed by atoms with Crippen LogP contribution in [0.4, 0.5) is 0 Å². The van der Waals surface area contributed by atoms with Crippen molar-refractivity contribution in [2.75, 3.05) is 72.1 Å². The van der Waals surface area contributed by atoms with Gasteiger partial charge in [-0.1, -0.05) is 74.2 Å². The summed E-state index contributed by atoms with van der Waals surface area (Å²) in [5.74, 6) is -1.44. The second kappa shape index (κ2) is 19.3. The molecule has 2 aromatic rings. The summed E-state index contributed by atoms with van der Waals surface area (Å²) in [4.78, 5) is 40.6. The van der Waals surface area contributed by atoms with Gasteiger partial charge in [-0.3, -0.25) is 29.1 Å². The number of nitrogens with zero attached hydrogens (tertiary/aromatic N) is 3. The fourth-order valence-corrected chi connectivity index (χ4v) is 5.28. The van der Waals surface area contributed by atoms with Gasteiger partial charge in [0.25, 0.3) is 0 Å². The number of ether oxygens (including phenoxy) is 1. The highest BCUT2D eigenvalue weighted by molar-refractivity contribution is 5.78. The maximum atomic E-state index is 12.7. The zero-order valence-corrected chi connectivity index (χ0v) is 27.1. The van der Waals surface area contributed by atoms with Gasteiger partial charge >= 0.3 is 11.9 Å². The summed E-state index contributed by atoms with van der Waals surface area (Å²) in [6, 6.07) is 16.7. The number of carboxylic acids is 2. The van der Waals surface area contributed by atoms with E-state index in [1.807, 2.05) is 29.2 Å². The molecule has 0 spiro atoms. The molecule has 2 aromatic carbocycles. The molecule has 10 heteroatoms. The third-order valence-electron chi connectivity index (χ3n) is 7.91. The molecule has 0 atom stereocenters. The van der Waals surface area contributed by atoms with E-state index in [1.54, 1.807) is 9.80 Å². The molecule has 0 radical (unpaired) electrons. The lowest BCUT2D eigenvalue weighted by molar-refractivity contribution is -0.140. The number of nitrogens with one attached hydrogen (secondary N) is 1.